The fourth-order valence-corrected chi connectivity index (χ4v) is 2.36. The zero-order chi connectivity index (χ0) is 14.7. The fourth-order valence-electron chi connectivity index (χ4n) is 1.72. The summed E-state index contributed by atoms with van der Waals surface area (Å²) in [4.78, 5) is 14.0. The van der Waals surface area contributed by atoms with E-state index in [-0.39, 0.29) is 23.0 Å². The molecule has 5 nitrogen and oxygen atoms in total. The van der Waals surface area contributed by atoms with Crippen molar-refractivity contribution in [2.24, 2.45) is 0 Å². The van der Waals surface area contributed by atoms with Crippen molar-refractivity contribution in [3.05, 3.63) is 50.5 Å². The first kappa shape index (κ1) is 14.3. The molecule has 1 atom stereocenters. The van der Waals surface area contributed by atoms with Crippen LogP contribution in [0.5, 0.6) is 0 Å². The Morgan fingerprint density at radius 3 is 2.75 bits per heavy atom. The normalized spacial score (nSPS) is 12.4. The minimum Gasteiger partial charge on any atom is -0.376 e. The second-order valence-electron chi connectivity index (χ2n) is 4.07. The highest BCUT2D eigenvalue weighted by atomic mass is 32.1. The maximum atomic E-state index is 13.0. The average Bonchev–Trinajstić information content (AvgIpc) is 2.92. The Morgan fingerprint density at radius 2 is 2.20 bits per heavy atom. The van der Waals surface area contributed by atoms with Crippen molar-refractivity contribution in [1.82, 2.24) is 4.98 Å². The lowest BCUT2D eigenvalue weighted by Crippen LogP contribution is -2.08. The van der Waals surface area contributed by atoms with E-state index in [0.717, 1.165) is 11.1 Å². The van der Waals surface area contributed by atoms with Gasteiger partial charge in [0.05, 0.1) is 11.0 Å². The van der Waals surface area contributed by atoms with Gasteiger partial charge in [-0.05, 0) is 13.0 Å². The number of non-ortho nitro benzene ring substituents is 1. The van der Waals surface area contributed by atoms with E-state index in [1.165, 1.54) is 23.5 Å². The molecule has 0 spiro atoms. The number of nitrogens with one attached hydrogen (secondary N) is 1. The Labute approximate surface area is 117 Å². The molecule has 1 N–H and O–H groups in total. The Morgan fingerprint density at radius 1 is 1.45 bits per heavy atom. The quantitative estimate of drug-likeness (QED) is 0.665. The van der Waals surface area contributed by atoms with Gasteiger partial charge in [-0.25, -0.2) is 13.8 Å². The van der Waals surface area contributed by atoms with E-state index in [2.05, 4.69) is 10.3 Å². The van der Waals surface area contributed by atoms with Crippen LogP contribution >= 0.6 is 11.3 Å². The van der Waals surface area contributed by atoms with E-state index in [9.17, 15) is 18.9 Å². The van der Waals surface area contributed by atoms with Gasteiger partial charge in [-0.15, -0.1) is 11.3 Å². The molecule has 0 saturated heterocycles. The van der Waals surface area contributed by atoms with Crippen LogP contribution in [-0.2, 0) is 0 Å². The van der Waals surface area contributed by atoms with Gasteiger partial charge in [-0.1, -0.05) is 0 Å². The Balaban J connectivity index is 2.29. The number of nitrogens with zero attached hydrogens (tertiary/aromatic N) is 2. The molecule has 0 aliphatic carbocycles. The summed E-state index contributed by atoms with van der Waals surface area (Å²) in [7, 11) is 0. The second-order valence-corrected chi connectivity index (χ2v) is 4.99. The van der Waals surface area contributed by atoms with Crippen LogP contribution in [0, 0.1) is 10.1 Å². The van der Waals surface area contributed by atoms with Crippen LogP contribution in [0.1, 0.15) is 30.0 Å². The van der Waals surface area contributed by atoms with Crippen molar-refractivity contribution >= 4 is 22.7 Å². The summed E-state index contributed by atoms with van der Waals surface area (Å²) in [6, 6.07) is 3.13. The Bertz CT molecular complexity index is 605. The largest absolute Gasteiger partial charge is 0.376 e. The number of anilines is 1. The Hall–Kier alpha value is -2.09. The highest BCUT2D eigenvalue weighted by Crippen LogP contribution is 2.33. The first-order chi connectivity index (χ1) is 9.49. The lowest BCUT2D eigenvalue weighted by atomic mass is 10.1. The van der Waals surface area contributed by atoms with Crippen molar-refractivity contribution in [1.29, 1.82) is 0 Å². The molecule has 1 unspecified atom stereocenters. The van der Waals surface area contributed by atoms with Gasteiger partial charge in [-0.3, -0.25) is 10.1 Å². The topological polar surface area (TPSA) is 68.1 Å². The van der Waals surface area contributed by atoms with Gasteiger partial charge in [0.2, 0.25) is 0 Å². The van der Waals surface area contributed by atoms with Crippen LogP contribution in [0.2, 0.25) is 0 Å². The predicted octanol–water partition coefficient (Wildman–Crippen LogP) is 4.16. The molecule has 0 amide bonds. The summed E-state index contributed by atoms with van der Waals surface area (Å²) < 4.78 is 26.0. The van der Waals surface area contributed by atoms with E-state index in [1.54, 1.807) is 18.5 Å². The molecule has 1 aromatic carbocycles. The van der Waals surface area contributed by atoms with Gasteiger partial charge in [0.1, 0.15) is 5.01 Å². The molecule has 2 aromatic rings. The van der Waals surface area contributed by atoms with Gasteiger partial charge in [-0.2, -0.15) is 0 Å². The third kappa shape index (κ3) is 3.08. The summed E-state index contributed by atoms with van der Waals surface area (Å²) in [6.45, 7) is 1.79. The standard InChI is InChI=1S/C12H11F2N3O2S/c1-7(12-15-4-5-20-12)16-10-3-2-8(17(18)19)6-9(10)11(13)14/h2-7,11,16H,1H3. The van der Waals surface area contributed by atoms with Crippen molar-refractivity contribution in [2.45, 2.75) is 19.4 Å². The molecule has 1 aromatic heterocycles. The summed E-state index contributed by atoms with van der Waals surface area (Å²) >= 11 is 1.40. The zero-order valence-corrected chi connectivity index (χ0v) is 11.2. The lowest BCUT2D eigenvalue weighted by Gasteiger charge is -2.16. The van der Waals surface area contributed by atoms with Crippen molar-refractivity contribution < 1.29 is 13.7 Å². The molecular formula is C12H11F2N3O2S. The van der Waals surface area contributed by atoms with Gasteiger partial charge in [0.25, 0.3) is 12.1 Å². The first-order valence-electron chi connectivity index (χ1n) is 5.71. The van der Waals surface area contributed by atoms with Crippen molar-refractivity contribution in [3.8, 4) is 0 Å². The van der Waals surface area contributed by atoms with E-state index in [4.69, 9.17) is 0 Å². The first-order valence-corrected chi connectivity index (χ1v) is 6.59. The molecule has 0 aliphatic rings. The summed E-state index contributed by atoms with van der Waals surface area (Å²) in [5.41, 5.74) is -0.566. The minimum absolute atomic E-state index is 0.174. The minimum atomic E-state index is -2.79. The van der Waals surface area contributed by atoms with E-state index >= 15 is 0 Å². The Kier molecular flexibility index (Phi) is 4.23. The number of hydrogen-bond acceptors (Lipinski definition) is 5. The lowest BCUT2D eigenvalue weighted by molar-refractivity contribution is -0.385. The number of thiazole rings is 1. The number of halogens is 2. The van der Waals surface area contributed by atoms with Gasteiger partial charge in [0.15, 0.2) is 0 Å². The highest BCUT2D eigenvalue weighted by molar-refractivity contribution is 7.09. The SMILES string of the molecule is CC(Nc1ccc([N+](=O)[O-])cc1C(F)F)c1nccs1. The summed E-state index contributed by atoms with van der Waals surface area (Å²) in [6.07, 6.45) is -1.16. The maximum absolute atomic E-state index is 13.0. The molecular weight excluding hydrogens is 288 g/mol. The van der Waals surface area contributed by atoms with Crippen LogP contribution in [0.4, 0.5) is 20.2 Å². The second kappa shape index (κ2) is 5.91. The number of rotatable bonds is 5. The van der Waals surface area contributed by atoms with E-state index in [1.807, 2.05) is 0 Å². The molecule has 0 bridgehead atoms. The predicted molar refractivity (Wildman–Crippen MR) is 72.2 cm³/mol. The monoisotopic (exact) mass is 299 g/mol. The number of nitro groups is 1. The molecule has 0 aliphatic heterocycles. The molecule has 20 heavy (non-hydrogen) atoms. The number of aromatic nitrogens is 1. The van der Waals surface area contributed by atoms with Crippen LogP contribution in [0.15, 0.2) is 29.8 Å². The molecule has 0 fully saturated rings. The summed E-state index contributed by atoms with van der Waals surface area (Å²) in [5.74, 6) is 0. The highest BCUT2D eigenvalue weighted by Gasteiger charge is 2.19. The average molecular weight is 299 g/mol. The molecule has 0 radical (unpaired) electrons. The van der Waals surface area contributed by atoms with Crippen LogP contribution in [-0.4, -0.2) is 9.91 Å². The molecule has 106 valence electrons. The van der Waals surface area contributed by atoms with E-state index in [0.29, 0.717) is 0 Å². The van der Waals surface area contributed by atoms with Crippen LogP contribution < -0.4 is 5.32 Å². The zero-order valence-electron chi connectivity index (χ0n) is 10.4. The van der Waals surface area contributed by atoms with Gasteiger partial charge >= 0.3 is 0 Å². The maximum Gasteiger partial charge on any atom is 0.270 e. The van der Waals surface area contributed by atoms with Gasteiger partial charge < -0.3 is 5.32 Å². The molecule has 1 heterocycles. The van der Waals surface area contributed by atoms with Crippen molar-refractivity contribution in [3.63, 3.8) is 0 Å². The van der Waals surface area contributed by atoms with Crippen LogP contribution in [0.3, 0.4) is 0 Å². The smallest absolute Gasteiger partial charge is 0.270 e. The number of hydrogen-bond donors (Lipinski definition) is 1. The number of nitro benzene ring substituents is 1. The third-order valence-electron chi connectivity index (χ3n) is 2.67. The fraction of sp³-hybridized carbons (Fsp3) is 0.250. The van der Waals surface area contributed by atoms with Crippen LogP contribution in [0.25, 0.3) is 0 Å². The third-order valence-corrected chi connectivity index (χ3v) is 3.63. The summed E-state index contributed by atoms with van der Waals surface area (Å²) in [5, 5.41) is 16.1. The number of alkyl halides is 2. The van der Waals surface area contributed by atoms with Gasteiger partial charge in [0, 0.05) is 35.0 Å². The van der Waals surface area contributed by atoms with Crippen molar-refractivity contribution in [2.75, 3.05) is 5.32 Å². The molecule has 0 saturated carbocycles. The number of benzene rings is 1. The molecule has 8 heteroatoms. The molecule has 2 rings (SSSR count). The van der Waals surface area contributed by atoms with E-state index < -0.39 is 11.3 Å².